The Bertz CT molecular complexity index is 541. The molecule has 0 N–H and O–H groups in total. The Morgan fingerprint density at radius 2 is 1.88 bits per heavy atom. The van der Waals surface area contributed by atoms with Gasteiger partial charge in [-0.05, 0) is 16.6 Å². The summed E-state index contributed by atoms with van der Waals surface area (Å²) < 4.78 is 5.08. The largest absolute Gasteiger partial charge is 0.462 e. The van der Waals surface area contributed by atoms with E-state index >= 15 is 0 Å². The van der Waals surface area contributed by atoms with Crippen LogP contribution in [0.3, 0.4) is 0 Å². The number of methoxy groups -OCH3 is 1. The van der Waals surface area contributed by atoms with Crippen molar-refractivity contribution in [1.29, 1.82) is 0 Å². The summed E-state index contributed by atoms with van der Waals surface area (Å²) >= 11 is 0. The first kappa shape index (κ1) is 11.1. The molecule has 0 bridgehead atoms. The van der Waals surface area contributed by atoms with E-state index < -0.39 is 4.92 Å². The molecule has 17 heavy (non-hydrogen) atoms. The number of ether oxygens (including phenoxy) is 1. The predicted octanol–water partition coefficient (Wildman–Crippen LogP) is 2.67. The summed E-state index contributed by atoms with van der Waals surface area (Å²) in [4.78, 5) is 13.9. The van der Waals surface area contributed by atoms with Crippen LogP contribution in [-0.4, -0.2) is 17.0 Å². The van der Waals surface area contributed by atoms with Crippen LogP contribution in [0.5, 0.6) is 5.88 Å². The van der Waals surface area contributed by atoms with Crippen LogP contribution in [0.15, 0.2) is 42.5 Å². The molecule has 0 fully saturated rings. The lowest BCUT2D eigenvalue weighted by Gasteiger charge is -2.03. The highest BCUT2D eigenvalue weighted by Gasteiger charge is 2.16. The average Bonchev–Trinajstić information content (AvgIpc) is 2.39. The molecule has 0 spiro atoms. The summed E-state index contributed by atoms with van der Waals surface area (Å²) in [6.45, 7) is 0. The Labute approximate surface area is 97.8 Å². The molecule has 86 valence electrons. The van der Waals surface area contributed by atoms with E-state index in [1.165, 1.54) is 13.2 Å². The second kappa shape index (κ2) is 4.61. The van der Waals surface area contributed by atoms with Gasteiger partial charge in [0.2, 0.25) is 0 Å². The molecule has 0 saturated heterocycles. The molecule has 1 aromatic heterocycles. The SMILES string of the molecule is COc1nc([N+](=O)[O-])ccc1-c1ccccc1. The molecule has 0 aliphatic rings. The summed E-state index contributed by atoms with van der Waals surface area (Å²) in [5.41, 5.74) is 1.64. The summed E-state index contributed by atoms with van der Waals surface area (Å²) in [6.07, 6.45) is 0. The number of hydrogen-bond acceptors (Lipinski definition) is 4. The van der Waals surface area contributed by atoms with E-state index in [-0.39, 0.29) is 11.7 Å². The highest BCUT2D eigenvalue weighted by Crippen LogP contribution is 2.29. The first-order valence-electron chi connectivity index (χ1n) is 4.97. The molecule has 0 radical (unpaired) electrons. The minimum atomic E-state index is -0.544. The van der Waals surface area contributed by atoms with E-state index in [2.05, 4.69) is 4.98 Å². The van der Waals surface area contributed by atoms with Gasteiger partial charge in [-0.15, -0.1) is 0 Å². The minimum absolute atomic E-state index is 0.221. The van der Waals surface area contributed by atoms with Gasteiger partial charge in [0.25, 0.3) is 0 Å². The Morgan fingerprint density at radius 3 is 2.47 bits per heavy atom. The van der Waals surface area contributed by atoms with Gasteiger partial charge in [0.15, 0.2) is 0 Å². The monoisotopic (exact) mass is 230 g/mol. The maximum atomic E-state index is 10.6. The summed E-state index contributed by atoms with van der Waals surface area (Å²) in [6, 6.07) is 12.5. The molecule has 0 aliphatic carbocycles. The quantitative estimate of drug-likeness (QED) is 0.600. The topological polar surface area (TPSA) is 65.3 Å². The zero-order valence-electron chi connectivity index (χ0n) is 9.16. The van der Waals surface area contributed by atoms with Gasteiger partial charge in [0.05, 0.1) is 12.7 Å². The van der Waals surface area contributed by atoms with Crippen LogP contribution in [-0.2, 0) is 0 Å². The second-order valence-corrected chi connectivity index (χ2v) is 3.35. The number of benzene rings is 1. The van der Waals surface area contributed by atoms with Crippen LogP contribution in [0.1, 0.15) is 0 Å². The normalized spacial score (nSPS) is 9.94. The lowest BCUT2D eigenvalue weighted by molar-refractivity contribution is -0.389. The lowest BCUT2D eigenvalue weighted by atomic mass is 10.1. The molecule has 5 heteroatoms. The van der Waals surface area contributed by atoms with Crippen molar-refractivity contribution in [2.45, 2.75) is 0 Å². The van der Waals surface area contributed by atoms with Crippen molar-refractivity contribution in [3.8, 4) is 17.0 Å². The van der Waals surface area contributed by atoms with E-state index in [9.17, 15) is 10.1 Å². The molecular weight excluding hydrogens is 220 g/mol. The van der Waals surface area contributed by atoms with E-state index in [1.807, 2.05) is 30.3 Å². The molecule has 2 rings (SSSR count). The number of nitrogens with zero attached hydrogens (tertiary/aromatic N) is 2. The Kier molecular flexibility index (Phi) is 3.00. The third-order valence-corrected chi connectivity index (χ3v) is 2.31. The van der Waals surface area contributed by atoms with Gasteiger partial charge < -0.3 is 14.9 Å². The number of rotatable bonds is 3. The van der Waals surface area contributed by atoms with Crippen molar-refractivity contribution in [3.05, 3.63) is 52.6 Å². The molecular formula is C12H10N2O3. The van der Waals surface area contributed by atoms with E-state index in [1.54, 1.807) is 6.07 Å². The maximum absolute atomic E-state index is 10.6. The van der Waals surface area contributed by atoms with Crippen molar-refractivity contribution in [2.75, 3.05) is 7.11 Å². The van der Waals surface area contributed by atoms with Crippen LogP contribution in [0.4, 0.5) is 5.82 Å². The second-order valence-electron chi connectivity index (χ2n) is 3.35. The molecule has 0 atom stereocenters. The predicted molar refractivity (Wildman–Crippen MR) is 62.9 cm³/mol. The van der Waals surface area contributed by atoms with Crippen LogP contribution >= 0.6 is 0 Å². The van der Waals surface area contributed by atoms with Crippen LogP contribution < -0.4 is 4.74 Å². The van der Waals surface area contributed by atoms with Gasteiger partial charge in [-0.25, -0.2) is 0 Å². The average molecular weight is 230 g/mol. The van der Waals surface area contributed by atoms with Gasteiger partial charge in [0.1, 0.15) is 0 Å². The fourth-order valence-corrected chi connectivity index (χ4v) is 1.53. The summed E-state index contributed by atoms with van der Waals surface area (Å²) in [5, 5.41) is 10.6. The number of nitro groups is 1. The van der Waals surface area contributed by atoms with Crippen LogP contribution in [0.2, 0.25) is 0 Å². The molecule has 0 amide bonds. The molecule has 0 aliphatic heterocycles. The van der Waals surface area contributed by atoms with Crippen LogP contribution in [0.25, 0.3) is 11.1 Å². The maximum Gasteiger partial charge on any atom is 0.367 e. The fraction of sp³-hybridized carbons (Fsp3) is 0.0833. The highest BCUT2D eigenvalue weighted by atomic mass is 16.6. The number of pyridine rings is 1. The molecule has 2 aromatic rings. The third kappa shape index (κ3) is 2.23. The van der Waals surface area contributed by atoms with Gasteiger partial charge >= 0.3 is 11.7 Å². The first-order valence-corrected chi connectivity index (χ1v) is 4.97. The third-order valence-electron chi connectivity index (χ3n) is 2.31. The molecule has 1 aromatic carbocycles. The van der Waals surface area contributed by atoms with Crippen molar-refractivity contribution in [2.24, 2.45) is 0 Å². The van der Waals surface area contributed by atoms with Gasteiger partial charge in [0, 0.05) is 11.1 Å². The minimum Gasteiger partial charge on any atom is -0.462 e. The van der Waals surface area contributed by atoms with Crippen molar-refractivity contribution in [3.63, 3.8) is 0 Å². The molecule has 0 saturated carbocycles. The first-order chi connectivity index (χ1) is 8.22. The zero-order chi connectivity index (χ0) is 12.3. The van der Waals surface area contributed by atoms with E-state index in [4.69, 9.17) is 4.74 Å². The molecule has 0 unspecified atom stereocenters. The Hall–Kier alpha value is -2.43. The summed E-state index contributed by atoms with van der Waals surface area (Å²) in [5.74, 6) is 0.0342. The van der Waals surface area contributed by atoms with E-state index in [0.717, 1.165) is 11.1 Å². The standard InChI is InChI=1S/C12H10N2O3/c1-17-12-10(9-5-3-2-4-6-9)7-8-11(13-12)14(15)16/h2-8H,1H3. The van der Waals surface area contributed by atoms with Gasteiger partial charge in [-0.2, -0.15) is 0 Å². The number of aromatic nitrogens is 1. The van der Waals surface area contributed by atoms with E-state index in [0.29, 0.717) is 0 Å². The van der Waals surface area contributed by atoms with Gasteiger partial charge in [-0.1, -0.05) is 30.3 Å². The van der Waals surface area contributed by atoms with Crippen molar-refractivity contribution in [1.82, 2.24) is 4.98 Å². The lowest BCUT2D eigenvalue weighted by Crippen LogP contribution is -1.96. The Morgan fingerprint density at radius 1 is 1.18 bits per heavy atom. The molecule has 1 heterocycles. The van der Waals surface area contributed by atoms with Gasteiger partial charge in [-0.3, -0.25) is 0 Å². The fourth-order valence-electron chi connectivity index (χ4n) is 1.53. The smallest absolute Gasteiger partial charge is 0.367 e. The van der Waals surface area contributed by atoms with Crippen molar-refractivity contribution >= 4 is 5.82 Å². The molecule has 5 nitrogen and oxygen atoms in total. The summed E-state index contributed by atoms with van der Waals surface area (Å²) in [7, 11) is 1.44. The van der Waals surface area contributed by atoms with Crippen molar-refractivity contribution < 1.29 is 9.66 Å². The zero-order valence-corrected chi connectivity index (χ0v) is 9.16. The highest BCUT2D eigenvalue weighted by molar-refractivity contribution is 5.69. The number of hydrogen-bond donors (Lipinski definition) is 0. The Balaban J connectivity index is 2.52. The van der Waals surface area contributed by atoms with Crippen LogP contribution in [0, 0.1) is 10.1 Å².